The maximum absolute atomic E-state index is 13.2. The number of anilines is 2. The molecule has 33 heavy (non-hydrogen) atoms. The summed E-state index contributed by atoms with van der Waals surface area (Å²) in [6, 6.07) is 12.5. The molecule has 1 atom stereocenters. The molecule has 1 fully saturated rings. The standard InChI is InChI=1S/C24H28ClN3O4S/c1-17(33(31,32)22-7-8-23-19(16-22)9-10-28(23)18(2)29)15-24(30)27-13-11-26(12-14-27)21-5-3-20(25)4-6-21/h3-8,16-17H,9-15H2,1-2H3. The van der Waals surface area contributed by atoms with Crippen LogP contribution < -0.4 is 9.80 Å². The molecule has 2 aliphatic rings. The Kier molecular flexibility index (Phi) is 6.68. The number of halogens is 1. The highest BCUT2D eigenvalue weighted by molar-refractivity contribution is 7.92. The Bertz CT molecular complexity index is 1160. The number of carbonyl (C=O) groups is 2. The molecule has 0 N–H and O–H groups in total. The average Bonchev–Trinajstić information content (AvgIpc) is 3.23. The predicted octanol–water partition coefficient (Wildman–Crippen LogP) is 3.15. The monoisotopic (exact) mass is 489 g/mol. The lowest BCUT2D eigenvalue weighted by Crippen LogP contribution is -2.49. The zero-order valence-electron chi connectivity index (χ0n) is 18.8. The molecule has 2 amide bonds. The van der Waals surface area contributed by atoms with Gasteiger partial charge in [0.1, 0.15) is 0 Å². The summed E-state index contributed by atoms with van der Waals surface area (Å²) in [5.41, 5.74) is 2.68. The van der Waals surface area contributed by atoms with Crippen molar-refractivity contribution < 1.29 is 18.0 Å². The number of amides is 2. The summed E-state index contributed by atoms with van der Waals surface area (Å²) in [6.45, 7) is 6.12. The average molecular weight is 490 g/mol. The molecule has 2 aromatic carbocycles. The Balaban J connectivity index is 1.38. The van der Waals surface area contributed by atoms with Crippen molar-refractivity contribution in [2.24, 2.45) is 0 Å². The first-order valence-corrected chi connectivity index (χ1v) is 13.0. The van der Waals surface area contributed by atoms with Crippen LogP contribution in [0, 0.1) is 0 Å². The number of benzene rings is 2. The summed E-state index contributed by atoms with van der Waals surface area (Å²) < 4.78 is 26.3. The van der Waals surface area contributed by atoms with Crippen molar-refractivity contribution in [1.82, 2.24) is 4.90 Å². The molecule has 0 aromatic heterocycles. The molecular formula is C24H28ClN3O4S. The van der Waals surface area contributed by atoms with Gasteiger partial charge < -0.3 is 14.7 Å². The van der Waals surface area contributed by atoms with Gasteiger partial charge in [-0.05, 0) is 61.4 Å². The zero-order chi connectivity index (χ0) is 23.8. The van der Waals surface area contributed by atoms with Gasteiger partial charge in [-0.25, -0.2) is 8.42 Å². The lowest BCUT2D eigenvalue weighted by molar-refractivity contribution is -0.131. The minimum Gasteiger partial charge on any atom is -0.368 e. The fourth-order valence-corrected chi connectivity index (χ4v) is 5.98. The van der Waals surface area contributed by atoms with E-state index < -0.39 is 15.1 Å². The fraction of sp³-hybridized carbons (Fsp3) is 0.417. The second-order valence-corrected chi connectivity index (χ2v) is 11.4. The van der Waals surface area contributed by atoms with Gasteiger partial charge in [0.05, 0.1) is 10.1 Å². The quantitative estimate of drug-likeness (QED) is 0.644. The van der Waals surface area contributed by atoms with E-state index in [1.807, 2.05) is 24.3 Å². The summed E-state index contributed by atoms with van der Waals surface area (Å²) in [4.78, 5) is 30.4. The van der Waals surface area contributed by atoms with Crippen LogP contribution in [-0.4, -0.2) is 63.1 Å². The molecule has 0 bridgehead atoms. The van der Waals surface area contributed by atoms with Gasteiger partial charge in [-0.3, -0.25) is 9.59 Å². The third-order valence-corrected chi connectivity index (χ3v) is 8.86. The van der Waals surface area contributed by atoms with Crippen molar-refractivity contribution in [2.75, 3.05) is 42.5 Å². The van der Waals surface area contributed by atoms with Gasteiger partial charge in [0.25, 0.3) is 0 Å². The van der Waals surface area contributed by atoms with E-state index in [2.05, 4.69) is 4.90 Å². The molecule has 1 saturated heterocycles. The van der Waals surface area contributed by atoms with Crippen molar-refractivity contribution >= 4 is 44.6 Å². The van der Waals surface area contributed by atoms with Gasteiger partial charge >= 0.3 is 0 Å². The Labute approximate surface area is 199 Å². The number of hydrogen-bond acceptors (Lipinski definition) is 5. The predicted molar refractivity (Wildman–Crippen MR) is 130 cm³/mol. The van der Waals surface area contributed by atoms with E-state index in [-0.39, 0.29) is 23.1 Å². The topological polar surface area (TPSA) is 78.0 Å². The first kappa shape index (κ1) is 23.6. The lowest BCUT2D eigenvalue weighted by atomic mass is 10.2. The van der Waals surface area contributed by atoms with Crippen LogP contribution >= 0.6 is 11.6 Å². The van der Waals surface area contributed by atoms with Crippen LogP contribution in [0.4, 0.5) is 11.4 Å². The normalized spacial score (nSPS) is 17.1. The summed E-state index contributed by atoms with van der Waals surface area (Å²) >= 11 is 5.96. The van der Waals surface area contributed by atoms with E-state index in [0.717, 1.165) is 16.9 Å². The van der Waals surface area contributed by atoms with E-state index in [9.17, 15) is 18.0 Å². The van der Waals surface area contributed by atoms with Crippen molar-refractivity contribution in [1.29, 1.82) is 0 Å². The first-order chi connectivity index (χ1) is 15.7. The van der Waals surface area contributed by atoms with E-state index in [1.54, 1.807) is 34.9 Å². The Morgan fingerprint density at radius 1 is 1.00 bits per heavy atom. The van der Waals surface area contributed by atoms with Crippen LogP contribution in [0.2, 0.25) is 5.02 Å². The Hall–Kier alpha value is -2.58. The van der Waals surface area contributed by atoms with Gasteiger partial charge in [-0.2, -0.15) is 0 Å². The SMILES string of the molecule is CC(=O)N1CCc2cc(S(=O)(=O)C(C)CC(=O)N3CCN(c4ccc(Cl)cc4)CC3)ccc21. The number of rotatable bonds is 5. The van der Waals surface area contributed by atoms with Gasteiger partial charge in [0.2, 0.25) is 11.8 Å². The molecule has 0 radical (unpaired) electrons. The van der Waals surface area contributed by atoms with Crippen LogP contribution in [0.15, 0.2) is 47.4 Å². The minimum atomic E-state index is -3.66. The molecule has 4 rings (SSSR count). The highest BCUT2D eigenvalue weighted by Gasteiger charge is 2.31. The highest BCUT2D eigenvalue weighted by Crippen LogP contribution is 2.32. The molecule has 0 spiro atoms. The van der Waals surface area contributed by atoms with E-state index in [1.165, 1.54) is 6.92 Å². The van der Waals surface area contributed by atoms with Crippen molar-refractivity contribution in [2.45, 2.75) is 36.8 Å². The largest absolute Gasteiger partial charge is 0.368 e. The summed E-state index contributed by atoms with van der Waals surface area (Å²) in [7, 11) is -3.66. The van der Waals surface area contributed by atoms with Crippen LogP contribution in [0.5, 0.6) is 0 Å². The number of hydrogen-bond donors (Lipinski definition) is 0. The van der Waals surface area contributed by atoms with E-state index in [4.69, 9.17) is 11.6 Å². The van der Waals surface area contributed by atoms with E-state index >= 15 is 0 Å². The maximum atomic E-state index is 13.2. The third kappa shape index (κ3) is 4.87. The minimum absolute atomic E-state index is 0.0556. The molecular weight excluding hydrogens is 462 g/mol. The Morgan fingerprint density at radius 2 is 1.67 bits per heavy atom. The smallest absolute Gasteiger partial charge is 0.224 e. The highest BCUT2D eigenvalue weighted by atomic mass is 35.5. The molecule has 2 aliphatic heterocycles. The molecule has 0 saturated carbocycles. The summed E-state index contributed by atoms with van der Waals surface area (Å²) in [6.07, 6.45) is 0.573. The van der Waals surface area contributed by atoms with Crippen LogP contribution in [0.3, 0.4) is 0 Å². The van der Waals surface area contributed by atoms with Gasteiger partial charge in [0, 0.05) is 62.5 Å². The lowest BCUT2D eigenvalue weighted by Gasteiger charge is -2.36. The van der Waals surface area contributed by atoms with Gasteiger partial charge in [0.15, 0.2) is 9.84 Å². The number of carbonyl (C=O) groups excluding carboxylic acids is 2. The molecule has 7 nitrogen and oxygen atoms in total. The molecule has 1 unspecified atom stereocenters. The first-order valence-electron chi connectivity index (χ1n) is 11.1. The second kappa shape index (κ2) is 9.35. The Morgan fingerprint density at radius 3 is 2.30 bits per heavy atom. The summed E-state index contributed by atoms with van der Waals surface area (Å²) in [5, 5.41) is -0.148. The number of nitrogens with zero attached hydrogens (tertiary/aromatic N) is 3. The van der Waals surface area contributed by atoms with Crippen molar-refractivity contribution in [3.63, 3.8) is 0 Å². The number of sulfone groups is 1. The third-order valence-electron chi connectivity index (χ3n) is 6.47. The van der Waals surface area contributed by atoms with Crippen molar-refractivity contribution in [3.8, 4) is 0 Å². The molecule has 9 heteroatoms. The molecule has 2 heterocycles. The maximum Gasteiger partial charge on any atom is 0.224 e. The molecule has 0 aliphatic carbocycles. The second-order valence-electron chi connectivity index (χ2n) is 8.62. The van der Waals surface area contributed by atoms with Crippen LogP contribution in [-0.2, 0) is 25.8 Å². The van der Waals surface area contributed by atoms with Crippen LogP contribution in [0.1, 0.15) is 25.8 Å². The van der Waals surface area contributed by atoms with Gasteiger partial charge in [-0.15, -0.1) is 0 Å². The van der Waals surface area contributed by atoms with Crippen molar-refractivity contribution in [3.05, 3.63) is 53.1 Å². The number of fused-ring (bicyclic) bond motifs is 1. The summed E-state index contributed by atoms with van der Waals surface area (Å²) in [5.74, 6) is -0.203. The number of piperazine rings is 1. The van der Waals surface area contributed by atoms with Gasteiger partial charge in [-0.1, -0.05) is 11.6 Å². The molecule has 2 aromatic rings. The van der Waals surface area contributed by atoms with E-state index in [0.29, 0.717) is 44.2 Å². The fourth-order valence-electron chi connectivity index (χ4n) is 4.47. The zero-order valence-corrected chi connectivity index (χ0v) is 20.4. The van der Waals surface area contributed by atoms with Crippen LogP contribution in [0.25, 0.3) is 0 Å². The molecule has 176 valence electrons.